The number of hydrogen-bond acceptors (Lipinski definition) is 4. The van der Waals surface area contributed by atoms with Crippen molar-refractivity contribution in [1.82, 2.24) is 0 Å². The molecule has 0 radical (unpaired) electrons. The van der Waals surface area contributed by atoms with Crippen LogP contribution in [0.15, 0.2) is 10.3 Å². The molecule has 1 rings (SSSR count). The first-order chi connectivity index (χ1) is 6.49. The normalized spacial score (nSPS) is 29.8. The fourth-order valence-corrected chi connectivity index (χ4v) is 1.88. The lowest BCUT2D eigenvalue weighted by Gasteiger charge is -2.34. The van der Waals surface area contributed by atoms with Crippen LogP contribution in [0.25, 0.3) is 0 Å². The average Bonchev–Trinajstić information content (AvgIpc) is 2.15. The molecule has 1 aliphatic carbocycles. The van der Waals surface area contributed by atoms with Gasteiger partial charge in [0.1, 0.15) is 5.71 Å². The van der Waals surface area contributed by atoms with E-state index in [0.717, 1.165) is 25.0 Å². The predicted octanol–water partition coefficient (Wildman–Crippen LogP) is 1.98. The summed E-state index contributed by atoms with van der Waals surface area (Å²) in [6.07, 6.45) is 2.63. The van der Waals surface area contributed by atoms with Crippen molar-refractivity contribution in [1.29, 1.82) is 0 Å². The topological polar surface area (TPSA) is 71.0 Å². The summed E-state index contributed by atoms with van der Waals surface area (Å²) in [4.78, 5) is 0. The summed E-state index contributed by atoms with van der Waals surface area (Å²) in [7, 11) is 0. The fraction of sp³-hybridized carbons (Fsp3) is 0.800. The number of hydrogen-bond donors (Lipinski definition) is 2. The molecule has 0 saturated heterocycles. The summed E-state index contributed by atoms with van der Waals surface area (Å²) in [5.41, 5.74) is 1.66. The van der Waals surface area contributed by atoms with Crippen LogP contribution in [0.1, 0.15) is 40.0 Å². The van der Waals surface area contributed by atoms with Gasteiger partial charge < -0.3 is 11.0 Å². The van der Waals surface area contributed by atoms with Gasteiger partial charge in [0.05, 0.1) is 5.71 Å². The second kappa shape index (κ2) is 3.98. The molecule has 3 N–H and O–H groups in total. The van der Waals surface area contributed by atoms with Gasteiger partial charge in [0.2, 0.25) is 0 Å². The minimum Gasteiger partial charge on any atom is -0.411 e. The van der Waals surface area contributed by atoms with E-state index >= 15 is 0 Å². The second-order valence-corrected chi connectivity index (χ2v) is 4.93. The number of hydrazone groups is 1. The molecule has 1 aliphatic rings. The fourth-order valence-electron chi connectivity index (χ4n) is 1.88. The Hall–Kier alpha value is -1.06. The molecular weight excluding hydrogens is 178 g/mol. The lowest BCUT2D eigenvalue weighted by Crippen LogP contribution is -2.33. The van der Waals surface area contributed by atoms with E-state index in [1.807, 2.05) is 0 Å². The maximum absolute atomic E-state index is 8.73. The molecule has 0 aromatic carbocycles. The van der Waals surface area contributed by atoms with Crippen molar-refractivity contribution in [2.75, 3.05) is 0 Å². The van der Waals surface area contributed by atoms with Gasteiger partial charge >= 0.3 is 0 Å². The minimum absolute atomic E-state index is 0.261. The van der Waals surface area contributed by atoms with Crippen molar-refractivity contribution in [2.45, 2.75) is 40.0 Å². The van der Waals surface area contributed by atoms with E-state index in [1.54, 1.807) is 0 Å². The van der Waals surface area contributed by atoms with Crippen molar-refractivity contribution >= 4 is 11.4 Å². The van der Waals surface area contributed by atoms with E-state index in [0.29, 0.717) is 11.6 Å². The van der Waals surface area contributed by atoms with Gasteiger partial charge in [0.15, 0.2) is 0 Å². The van der Waals surface area contributed by atoms with E-state index in [1.165, 1.54) is 0 Å². The van der Waals surface area contributed by atoms with Crippen LogP contribution in [-0.4, -0.2) is 16.6 Å². The zero-order chi connectivity index (χ0) is 10.8. The molecule has 1 saturated carbocycles. The molecule has 14 heavy (non-hydrogen) atoms. The highest BCUT2D eigenvalue weighted by molar-refractivity contribution is 6.42. The number of nitrogens with two attached hydrogens (primary N) is 1. The molecule has 4 nitrogen and oxygen atoms in total. The first-order valence-electron chi connectivity index (χ1n) is 4.97. The zero-order valence-electron chi connectivity index (χ0n) is 9.12. The van der Waals surface area contributed by atoms with Crippen LogP contribution in [0.4, 0.5) is 0 Å². The van der Waals surface area contributed by atoms with Gasteiger partial charge in [-0.15, -0.1) is 0 Å². The Kier molecular flexibility index (Phi) is 3.13. The van der Waals surface area contributed by atoms with Crippen molar-refractivity contribution in [2.24, 2.45) is 27.4 Å². The third-order valence-corrected chi connectivity index (χ3v) is 3.00. The highest BCUT2D eigenvalue weighted by atomic mass is 16.4. The van der Waals surface area contributed by atoms with Gasteiger partial charge in [-0.05, 0) is 30.6 Å². The van der Waals surface area contributed by atoms with Crippen LogP contribution >= 0.6 is 0 Å². The Morgan fingerprint density at radius 2 is 2.00 bits per heavy atom. The summed E-state index contributed by atoms with van der Waals surface area (Å²) >= 11 is 0. The van der Waals surface area contributed by atoms with Gasteiger partial charge in [0.25, 0.3) is 0 Å². The van der Waals surface area contributed by atoms with Crippen molar-refractivity contribution in [3.05, 3.63) is 0 Å². The third-order valence-electron chi connectivity index (χ3n) is 3.00. The zero-order valence-corrected chi connectivity index (χ0v) is 9.12. The molecule has 4 heteroatoms. The highest BCUT2D eigenvalue weighted by Gasteiger charge is 2.31. The molecular formula is C10H19N3O. The minimum atomic E-state index is 0.261. The average molecular weight is 197 g/mol. The lowest BCUT2D eigenvalue weighted by molar-refractivity contribution is 0.230. The van der Waals surface area contributed by atoms with Gasteiger partial charge in [-0.1, -0.05) is 25.9 Å². The van der Waals surface area contributed by atoms with Gasteiger partial charge in [-0.25, -0.2) is 0 Å². The Balaban J connectivity index is 2.77. The summed E-state index contributed by atoms with van der Waals surface area (Å²) < 4.78 is 0. The standard InChI is InChI=1S/C10H19N3O/c1-10(2,3)7-4-5-8(13-14)9(6-7)12-11/h7,14H,4-6,11H2,1-3H3/b12-9-,13-8+. The van der Waals surface area contributed by atoms with E-state index in [4.69, 9.17) is 11.0 Å². The molecule has 0 amide bonds. The van der Waals surface area contributed by atoms with E-state index in [-0.39, 0.29) is 5.41 Å². The van der Waals surface area contributed by atoms with Crippen molar-refractivity contribution in [3.8, 4) is 0 Å². The maximum atomic E-state index is 8.73. The summed E-state index contributed by atoms with van der Waals surface area (Å²) in [6, 6.07) is 0. The quantitative estimate of drug-likeness (QED) is 0.354. The monoisotopic (exact) mass is 197 g/mol. The Bertz CT molecular complexity index is 263. The van der Waals surface area contributed by atoms with Crippen molar-refractivity contribution in [3.63, 3.8) is 0 Å². The first kappa shape index (κ1) is 11.0. The summed E-state index contributed by atoms with van der Waals surface area (Å²) in [5.74, 6) is 5.84. The second-order valence-electron chi connectivity index (χ2n) is 4.93. The van der Waals surface area contributed by atoms with Crippen LogP contribution in [0.5, 0.6) is 0 Å². The first-order valence-corrected chi connectivity index (χ1v) is 4.97. The molecule has 0 heterocycles. The van der Waals surface area contributed by atoms with Gasteiger partial charge in [-0.2, -0.15) is 5.10 Å². The Morgan fingerprint density at radius 1 is 1.36 bits per heavy atom. The molecule has 80 valence electrons. The highest BCUT2D eigenvalue weighted by Crippen LogP contribution is 2.35. The van der Waals surface area contributed by atoms with Crippen LogP contribution in [0, 0.1) is 11.3 Å². The van der Waals surface area contributed by atoms with Crippen molar-refractivity contribution < 1.29 is 5.21 Å². The number of oxime groups is 1. The lowest BCUT2D eigenvalue weighted by atomic mass is 9.71. The smallest absolute Gasteiger partial charge is 0.103 e. The van der Waals surface area contributed by atoms with Crippen LogP contribution in [-0.2, 0) is 0 Å². The summed E-state index contributed by atoms with van der Waals surface area (Å²) in [6.45, 7) is 6.65. The molecule has 1 unspecified atom stereocenters. The molecule has 0 aromatic rings. The van der Waals surface area contributed by atoms with E-state index in [2.05, 4.69) is 31.0 Å². The molecule has 1 atom stereocenters. The van der Waals surface area contributed by atoms with Gasteiger partial charge in [0, 0.05) is 0 Å². The van der Waals surface area contributed by atoms with Gasteiger partial charge in [-0.3, -0.25) is 0 Å². The maximum Gasteiger partial charge on any atom is 0.103 e. The Morgan fingerprint density at radius 3 is 2.43 bits per heavy atom. The van der Waals surface area contributed by atoms with Crippen LogP contribution in [0.3, 0.4) is 0 Å². The molecule has 0 aliphatic heterocycles. The molecule has 0 bridgehead atoms. The Labute approximate surface area is 84.9 Å². The largest absolute Gasteiger partial charge is 0.411 e. The van der Waals surface area contributed by atoms with E-state index in [9.17, 15) is 0 Å². The van der Waals surface area contributed by atoms with E-state index < -0.39 is 0 Å². The predicted molar refractivity (Wildman–Crippen MR) is 57.6 cm³/mol. The van der Waals surface area contributed by atoms with Crippen LogP contribution in [0.2, 0.25) is 0 Å². The molecule has 1 fully saturated rings. The SMILES string of the molecule is CC(C)(C)C1CCC(=N\O)/C(=N\N)C1. The third kappa shape index (κ3) is 2.25. The number of nitrogens with zero attached hydrogens (tertiary/aromatic N) is 2. The summed E-state index contributed by atoms with van der Waals surface area (Å²) in [5, 5.41) is 15.6. The van der Waals surface area contributed by atoms with Crippen LogP contribution < -0.4 is 5.84 Å². The number of rotatable bonds is 0. The molecule has 0 spiro atoms. The molecule has 0 aromatic heterocycles.